The highest BCUT2D eigenvalue weighted by Crippen LogP contribution is 2.12. The van der Waals surface area contributed by atoms with Gasteiger partial charge in [0.2, 0.25) is 0 Å². The van der Waals surface area contributed by atoms with E-state index < -0.39 is 0 Å². The fourth-order valence-electron chi connectivity index (χ4n) is 0.976. The molecule has 0 saturated heterocycles. The Kier molecular flexibility index (Phi) is 5.60. The Hall–Kier alpha value is -1.31. The van der Waals surface area contributed by atoms with Gasteiger partial charge >= 0.3 is 0 Å². The van der Waals surface area contributed by atoms with Crippen molar-refractivity contribution >= 4 is 11.9 Å². The number of nitrogen functional groups attached to an aromatic ring is 1. The van der Waals surface area contributed by atoms with Crippen molar-refractivity contribution in [2.45, 2.75) is 27.2 Å². The van der Waals surface area contributed by atoms with E-state index in [9.17, 15) is 0 Å². The molecule has 0 unspecified atom stereocenters. The summed E-state index contributed by atoms with van der Waals surface area (Å²) in [5.74, 6) is 0. The molecule has 72 valence electrons. The quantitative estimate of drug-likeness (QED) is 0.531. The summed E-state index contributed by atoms with van der Waals surface area (Å²) in [4.78, 5) is 0. The Morgan fingerprint density at radius 1 is 1.38 bits per heavy atom. The lowest BCUT2D eigenvalue weighted by Gasteiger charge is -2.01. The molecule has 0 heterocycles. The van der Waals surface area contributed by atoms with Crippen molar-refractivity contribution in [2.24, 2.45) is 0 Å². The van der Waals surface area contributed by atoms with Gasteiger partial charge in [0, 0.05) is 17.5 Å². The molecule has 1 rings (SSSR count). The minimum Gasteiger partial charge on any atom is -0.398 e. The minimum absolute atomic E-state index is 0.694. The van der Waals surface area contributed by atoms with Crippen molar-refractivity contribution in [3.05, 3.63) is 29.3 Å². The molecule has 0 saturated carbocycles. The molecule has 0 spiro atoms. The highest BCUT2D eigenvalue weighted by atomic mass is 14.6. The molecule has 0 bridgehead atoms. The number of hydrogen-bond donors (Lipinski definition) is 2. The smallest absolute Gasteiger partial charge is 0.0405 e. The third-order valence-electron chi connectivity index (χ3n) is 1.71. The average molecular weight is 178 g/mol. The molecule has 3 N–H and O–H groups in total. The summed E-state index contributed by atoms with van der Waals surface area (Å²) >= 11 is 0. The third-order valence-corrected chi connectivity index (χ3v) is 1.71. The Morgan fingerprint density at radius 2 is 2.00 bits per heavy atom. The number of hydrogen-bond acceptors (Lipinski definition) is 2. The number of rotatable bonds is 2. The first-order chi connectivity index (χ1) is 6.27. The van der Waals surface area contributed by atoms with Crippen LogP contribution in [-0.2, 0) is 6.42 Å². The van der Waals surface area contributed by atoms with Gasteiger partial charge in [-0.3, -0.25) is 0 Å². The highest BCUT2D eigenvalue weighted by molar-refractivity contribution is 5.84. The monoisotopic (exact) mass is 178 g/mol. The second-order valence-electron chi connectivity index (χ2n) is 2.46. The fourth-order valence-corrected chi connectivity index (χ4v) is 0.976. The van der Waals surface area contributed by atoms with Crippen LogP contribution in [0.1, 0.15) is 31.9 Å². The van der Waals surface area contributed by atoms with Gasteiger partial charge in [-0.05, 0) is 18.1 Å². The van der Waals surface area contributed by atoms with Gasteiger partial charge in [0.1, 0.15) is 0 Å². The van der Waals surface area contributed by atoms with Gasteiger partial charge in [-0.1, -0.05) is 32.9 Å². The Labute approximate surface area is 80.3 Å². The summed E-state index contributed by atoms with van der Waals surface area (Å²) in [6.07, 6.45) is 2.26. The minimum atomic E-state index is 0.694. The van der Waals surface area contributed by atoms with Crippen LogP contribution in [0.25, 0.3) is 0 Å². The molecule has 13 heavy (non-hydrogen) atoms. The van der Waals surface area contributed by atoms with Crippen molar-refractivity contribution in [1.82, 2.24) is 0 Å². The largest absolute Gasteiger partial charge is 0.398 e. The second kappa shape index (κ2) is 6.23. The molecule has 0 fully saturated rings. The first kappa shape index (κ1) is 11.7. The lowest BCUT2D eigenvalue weighted by Crippen LogP contribution is -1.93. The topological polar surface area (TPSA) is 49.9 Å². The zero-order valence-electron chi connectivity index (χ0n) is 8.59. The maximum absolute atomic E-state index is 7.01. The number of nitrogens with two attached hydrogens (primary N) is 1. The molecule has 0 aliphatic carbocycles. The van der Waals surface area contributed by atoms with Crippen LogP contribution in [0.15, 0.2) is 18.2 Å². The molecule has 0 radical (unpaired) electrons. The van der Waals surface area contributed by atoms with Crippen LogP contribution < -0.4 is 5.73 Å². The van der Waals surface area contributed by atoms with Crippen molar-refractivity contribution in [3.63, 3.8) is 0 Å². The molecule has 2 nitrogen and oxygen atoms in total. The third kappa shape index (κ3) is 3.28. The first-order valence-corrected chi connectivity index (χ1v) is 4.66. The summed E-state index contributed by atoms with van der Waals surface area (Å²) in [7, 11) is 0. The van der Waals surface area contributed by atoms with E-state index in [0.717, 1.165) is 12.0 Å². The molecule has 1 aromatic carbocycles. The van der Waals surface area contributed by atoms with E-state index in [-0.39, 0.29) is 0 Å². The first-order valence-electron chi connectivity index (χ1n) is 4.66. The molecule has 1 aromatic rings. The number of aryl methyl sites for hydroxylation is 1. The van der Waals surface area contributed by atoms with Crippen molar-refractivity contribution in [2.75, 3.05) is 5.73 Å². The van der Waals surface area contributed by atoms with Gasteiger partial charge in [-0.2, -0.15) is 0 Å². The standard InChI is InChI=1S/C9H12N2.C2H6/c1-2-7-3-4-8(6-10)9(11)5-7;1-2/h3-6,10H,2,11H2,1H3;1-2H3. The van der Waals surface area contributed by atoms with Gasteiger partial charge < -0.3 is 11.1 Å². The van der Waals surface area contributed by atoms with Gasteiger partial charge in [0.25, 0.3) is 0 Å². The predicted octanol–water partition coefficient (Wildman–Crippen LogP) is 2.86. The summed E-state index contributed by atoms with van der Waals surface area (Å²) < 4.78 is 0. The van der Waals surface area contributed by atoms with Gasteiger partial charge in [0.05, 0.1) is 0 Å². The highest BCUT2D eigenvalue weighted by Gasteiger charge is 1.95. The lowest BCUT2D eigenvalue weighted by atomic mass is 10.1. The van der Waals surface area contributed by atoms with E-state index in [4.69, 9.17) is 11.1 Å². The number of anilines is 1. The normalized spacial score (nSPS) is 8.54. The average Bonchev–Trinajstić information content (AvgIpc) is 2.20. The van der Waals surface area contributed by atoms with Gasteiger partial charge in [0.15, 0.2) is 0 Å². The Bertz CT molecular complexity index is 267. The van der Waals surface area contributed by atoms with Crippen LogP contribution >= 0.6 is 0 Å². The molecule has 0 atom stereocenters. The van der Waals surface area contributed by atoms with E-state index in [1.54, 1.807) is 0 Å². The molecular weight excluding hydrogens is 160 g/mol. The molecule has 0 amide bonds. The number of nitrogens with one attached hydrogen (secondary N) is 1. The molecular formula is C11H18N2. The van der Waals surface area contributed by atoms with Gasteiger partial charge in [-0.25, -0.2) is 0 Å². The zero-order chi connectivity index (χ0) is 10.3. The van der Waals surface area contributed by atoms with E-state index in [0.29, 0.717) is 5.69 Å². The predicted molar refractivity (Wildman–Crippen MR) is 59.5 cm³/mol. The maximum Gasteiger partial charge on any atom is 0.0405 e. The molecule has 0 aromatic heterocycles. The summed E-state index contributed by atoms with van der Waals surface area (Å²) in [5.41, 5.74) is 8.36. The Morgan fingerprint density at radius 3 is 2.38 bits per heavy atom. The van der Waals surface area contributed by atoms with Crippen LogP contribution in [0, 0.1) is 5.41 Å². The van der Waals surface area contributed by atoms with Crippen molar-refractivity contribution in [3.8, 4) is 0 Å². The van der Waals surface area contributed by atoms with Crippen LogP contribution in [-0.4, -0.2) is 6.21 Å². The van der Waals surface area contributed by atoms with Crippen LogP contribution in [0.2, 0.25) is 0 Å². The molecule has 0 aliphatic heterocycles. The van der Waals surface area contributed by atoms with Crippen molar-refractivity contribution in [1.29, 1.82) is 5.41 Å². The maximum atomic E-state index is 7.01. The SMILES string of the molecule is CC.CCc1ccc(C=N)c(N)c1. The fraction of sp³-hybridized carbons (Fsp3) is 0.364. The second-order valence-corrected chi connectivity index (χ2v) is 2.46. The molecule has 0 aliphatic rings. The van der Waals surface area contributed by atoms with E-state index >= 15 is 0 Å². The van der Waals surface area contributed by atoms with E-state index in [1.165, 1.54) is 11.8 Å². The summed E-state index contributed by atoms with van der Waals surface area (Å²) in [6.45, 7) is 6.08. The summed E-state index contributed by atoms with van der Waals surface area (Å²) in [6, 6.07) is 5.79. The molecule has 2 heteroatoms. The van der Waals surface area contributed by atoms with Crippen LogP contribution in [0.3, 0.4) is 0 Å². The lowest BCUT2D eigenvalue weighted by molar-refractivity contribution is 1.14. The van der Waals surface area contributed by atoms with Crippen molar-refractivity contribution < 1.29 is 0 Å². The van der Waals surface area contributed by atoms with E-state index in [2.05, 4.69) is 6.92 Å². The Balaban J connectivity index is 0.000000671. The number of benzene rings is 1. The van der Waals surface area contributed by atoms with Crippen LogP contribution in [0.4, 0.5) is 5.69 Å². The van der Waals surface area contributed by atoms with Gasteiger partial charge in [-0.15, -0.1) is 0 Å². The van der Waals surface area contributed by atoms with Crippen LogP contribution in [0.5, 0.6) is 0 Å². The van der Waals surface area contributed by atoms with E-state index in [1.807, 2.05) is 32.0 Å². The summed E-state index contributed by atoms with van der Waals surface area (Å²) in [5, 5.41) is 7.01. The zero-order valence-corrected chi connectivity index (χ0v) is 8.59.